The van der Waals surface area contributed by atoms with Crippen LogP contribution in [0.3, 0.4) is 0 Å². The molecule has 26 heteroatoms. The molecule has 85 heavy (non-hydrogen) atoms. The van der Waals surface area contributed by atoms with Crippen molar-refractivity contribution in [2.45, 2.75) is 262 Å². The van der Waals surface area contributed by atoms with Gasteiger partial charge in [-0.05, 0) is 84.9 Å². The molecular formula is C59H86O26. The predicted octanol–water partition coefficient (Wildman–Crippen LogP) is 2.18. The lowest BCUT2D eigenvalue weighted by Gasteiger charge is -2.47. The molecule has 1 aliphatic carbocycles. The number of phenols is 2. The van der Waals surface area contributed by atoms with Gasteiger partial charge >= 0.3 is 11.9 Å². The Kier molecular flexibility index (Phi) is 21.3. The SMILES string of the molecule is CO[C@@H]1[C@H](O)C[C@@H](O[C@@H]2C[C@H](Oc3cc4cc5c(c(O)c4c(O)c3C)C(=O)[C@@H](O[C@H]3C[C@@H](O[C@H]4C[C@@H](O[C@H]6C[C@](C)(O)[C@@H](OC(=O)C(C)C)[C@H](C)O6)[C@H](O)[C@@H](C)O4)[C@H](O)[C@@H](C)O3)[C@H]([C@H](OC)C(=O)[C@@H](O)[C@@H](C)O)C5)O[C@H](C)[C@@H]2OC(C)=O)O[C@@H]1C. The molecular weight excluding hydrogens is 1120 g/mol. The van der Waals surface area contributed by atoms with Gasteiger partial charge in [-0.1, -0.05) is 13.8 Å². The minimum atomic E-state index is -1.96. The van der Waals surface area contributed by atoms with Gasteiger partial charge in [-0.15, -0.1) is 0 Å². The van der Waals surface area contributed by atoms with E-state index in [9.17, 15) is 55.2 Å². The van der Waals surface area contributed by atoms with Crippen molar-refractivity contribution in [3.05, 3.63) is 28.8 Å². The van der Waals surface area contributed by atoms with Crippen molar-refractivity contribution in [2.24, 2.45) is 11.8 Å². The van der Waals surface area contributed by atoms with E-state index >= 15 is 4.79 Å². The van der Waals surface area contributed by atoms with Crippen molar-refractivity contribution in [1.29, 1.82) is 0 Å². The lowest BCUT2D eigenvalue weighted by molar-refractivity contribution is -0.334. The Hall–Kier alpha value is -4.30. The number of aromatic hydroxyl groups is 2. The number of aliphatic hydroxyl groups excluding tert-OH is 5. The molecule has 0 spiro atoms. The van der Waals surface area contributed by atoms with Crippen molar-refractivity contribution < 1.29 is 126 Å². The van der Waals surface area contributed by atoms with Gasteiger partial charge in [0.15, 0.2) is 48.9 Å². The number of methoxy groups -OCH3 is 2. The second kappa shape index (κ2) is 27.2. The number of fused-ring (bicyclic) bond motifs is 2. The molecule has 6 aliphatic rings. The highest BCUT2D eigenvalue weighted by molar-refractivity contribution is 6.11. The average molecular weight is 1210 g/mol. The summed E-state index contributed by atoms with van der Waals surface area (Å²) < 4.78 is 84.7. The lowest BCUT2D eigenvalue weighted by atomic mass is 9.75. The number of ketones is 2. The Morgan fingerprint density at radius 3 is 1.80 bits per heavy atom. The first-order valence-electron chi connectivity index (χ1n) is 29.1. The van der Waals surface area contributed by atoms with Gasteiger partial charge in [-0.25, -0.2) is 0 Å². The van der Waals surface area contributed by atoms with E-state index in [1.54, 1.807) is 41.5 Å². The van der Waals surface area contributed by atoms with E-state index in [2.05, 4.69) is 0 Å². The summed E-state index contributed by atoms with van der Waals surface area (Å²) in [6, 6.07) is 3.04. The maximum Gasteiger partial charge on any atom is 0.308 e. The zero-order chi connectivity index (χ0) is 62.4. The van der Waals surface area contributed by atoms with Crippen LogP contribution in [-0.2, 0) is 82.4 Å². The minimum absolute atomic E-state index is 0.0255. The third kappa shape index (κ3) is 14.4. The average Bonchev–Trinajstić information content (AvgIpc) is 1.54. The molecule has 25 atom stereocenters. The van der Waals surface area contributed by atoms with Gasteiger partial charge in [-0.2, -0.15) is 0 Å². The fraction of sp³-hybridized carbons (Fsp3) is 0.763. The number of esters is 2. The van der Waals surface area contributed by atoms with Gasteiger partial charge < -0.3 is 107 Å². The maximum absolute atomic E-state index is 15.2. The monoisotopic (exact) mass is 1210 g/mol. The van der Waals surface area contributed by atoms with Crippen LogP contribution in [0.4, 0.5) is 0 Å². The second-order valence-corrected chi connectivity index (χ2v) is 24.1. The normalized spacial score (nSPS) is 39.2. The minimum Gasteiger partial charge on any atom is -0.507 e. The van der Waals surface area contributed by atoms with E-state index in [0.717, 1.165) is 0 Å². The molecule has 26 nitrogen and oxygen atoms in total. The fourth-order valence-electron chi connectivity index (χ4n) is 12.5. The van der Waals surface area contributed by atoms with E-state index in [1.807, 2.05) is 0 Å². The third-order valence-corrected chi connectivity index (χ3v) is 17.1. The highest BCUT2D eigenvalue weighted by atomic mass is 16.7. The molecule has 8 rings (SSSR count). The number of aliphatic hydroxyl groups is 6. The van der Waals surface area contributed by atoms with Crippen molar-refractivity contribution in [1.82, 2.24) is 0 Å². The Labute approximate surface area is 493 Å². The number of benzene rings is 2. The van der Waals surface area contributed by atoms with Crippen LogP contribution in [0.1, 0.15) is 123 Å². The van der Waals surface area contributed by atoms with Crippen molar-refractivity contribution in [3.8, 4) is 17.2 Å². The first-order chi connectivity index (χ1) is 39.9. The van der Waals surface area contributed by atoms with Crippen molar-refractivity contribution in [2.75, 3.05) is 14.2 Å². The summed E-state index contributed by atoms with van der Waals surface area (Å²) >= 11 is 0. The number of hydrogen-bond acceptors (Lipinski definition) is 26. The number of hydrogen-bond donors (Lipinski definition) is 8. The molecule has 5 aliphatic heterocycles. The van der Waals surface area contributed by atoms with Gasteiger partial charge in [0.25, 0.3) is 0 Å². The molecule has 0 amide bonds. The Bertz CT molecular complexity index is 2670. The smallest absolute Gasteiger partial charge is 0.308 e. The maximum atomic E-state index is 15.2. The summed E-state index contributed by atoms with van der Waals surface area (Å²) in [5.41, 5.74) is -1.53. The lowest BCUT2D eigenvalue weighted by Crippen LogP contribution is -2.59. The van der Waals surface area contributed by atoms with Crippen LogP contribution in [0.25, 0.3) is 10.8 Å². The summed E-state index contributed by atoms with van der Waals surface area (Å²) in [5.74, 6) is -5.68. The number of carbonyl (C=O) groups is 4. The van der Waals surface area contributed by atoms with Crippen molar-refractivity contribution >= 4 is 34.3 Å². The van der Waals surface area contributed by atoms with Gasteiger partial charge in [0.05, 0.1) is 71.8 Å². The molecule has 2 aromatic rings. The molecule has 0 unspecified atom stereocenters. The first kappa shape index (κ1) is 66.6. The third-order valence-electron chi connectivity index (χ3n) is 17.1. The van der Waals surface area contributed by atoms with Crippen LogP contribution in [0.15, 0.2) is 12.1 Å². The molecule has 0 saturated carbocycles. The van der Waals surface area contributed by atoms with Crippen LogP contribution in [0.5, 0.6) is 17.2 Å². The summed E-state index contributed by atoms with van der Waals surface area (Å²) in [7, 11) is 2.65. The molecule has 0 bridgehead atoms. The van der Waals surface area contributed by atoms with Crippen LogP contribution in [0.2, 0.25) is 0 Å². The first-order valence-corrected chi connectivity index (χ1v) is 29.1. The number of carbonyl (C=O) groups excluding carboxylic acids is 4. The Morgan fingerprint density at radius 1 is 0.694 bits per heavy atom. The zero-order valence-corrected chi connectivity index (χ0v) is 50.3. The Balaban J connectivity index is 1.03. The molecule has 0 aromatic heterocycles. The van der Waals surface area contributed by atoms with Gasteiger partial charge in [-0.3, -0.25) is 19.2 Å². The molecule has 8 N–H and O–H groups in total. The largest absolute Gasteiger partial charge is 0.507 e. The van der Waals surface area contributed by atoms with Gasteiger partial charge in [0.1, 0.15) is 65.6 Å². The summed E-state index contributed by atoms with van der Waals surface area (Å²) in [5, 5.41) is 90.4. The Morgan fingerprint density at radius 2 is 1.24 bits per heavy atom. The molecule has 0 radical (unpaired) electrons. The summed E-state index contributed by atoms with van der Waals surface area (Å²) in [6.45, 7) is 17.0. The highest BCUT2D eigenvalue weighted by Crippen LogP contribution is 2.48. The van der Waals surface area contributed by atoms with Crippen LogP contribution >= 0.6 is 0 Å². The van der Waals surface area contributed by atoms with E-state index < -0.39 is 194 Å². The van der Waals surface area contributed by atoms with Crippen LogP contribution in [-0.4, -0.2) is 225 Å². The van der Waals surface area contributed by atoms with Gasteiger partial charge in [0.2, 0.25) is 6.29 Å². The number of ether oxygens (including phenoxy) is 14. The molecule has 5 fully saturated rings. The number of rotatable bonds is 19. The van der Waals surface area contributed by atoms with Crippen LogP contribution in [0, 0.1) is 18.8 Å². The van der Waals surface area contributed by atoms with Gasteiger partial charge in [0, 0.05) is 64.7 Å². The molecule has 5 saturated heterocycles. The molecule has 5 heterocycles. The predicted molar refractivity (Wildman–Crippen MR) is 292 cm³/mol. The molecule has 2 aromatic carbocycles. The van der Waals surface area contributed by atoms with Crippen molar-refractivity contribution in [3.63, 3.8) is 0 Å². The van der Waals surface area contributed by atoms with Crippen LogP contribution < -0.4 is 4.74 Å². The standard InChI is InChI=1S/C59H86O26/c1-22(2)58(70)85-57-29(9)78-43(21-59(57,11)71)82-37-18-40(74-25(5)49(37)66)81-36-19-42(75-26(6)48(36)65)84-56-33(55(73-13)52(69)47(64)24(4)60)15-31-14-32-16-35(23(3)46(63)44(32)50(67)45(31)51(56)68)80-41-20-38(54(28(8)77-41)79-30(10)61)83-39-17-34(62)53(72-12)27(7)76-39/h14,16,22,24-29,33-34,36-43,47-49,53-57,60,62-67,71H,15,17-21H2,1-13H3/t24-,25-,26-,27-,28-,29+,33+,34-,36-,37-,38-,39-,40+,41+,42+,43+,47+,48-,49-,53+,54+,55+,56+,57+,59+/m1/s1. The van der Waals surface area contributed by atoms with E-state index in [4.69, 9.17) is 66.3 Å². The number of Topliss-reactive ketones (excluding diaryl/α,β-unsaturated/α-hetero) is 2. The van der Waals surface area contributed by atoms with E-state index in [0.29, 0.717) is 0 Å². The fourth-order valence-corrected chi connectivity index (χ4v) is 12.5. The molecule has 478 valence electrons. The topological polar surface area (TPSA) is 359 Å². The zero-order valence-electron chi connectivity index (χ0n) is 50.3. The second-order valence-electron chi connectivity index (χ2n) is 24.1. The number of phenolic OH excluding ortho intramolecular Hbond substituents is 2. The quantitative estimate of drug-likeness (QED) is 0.0935. The highest BCUT2D eigenvalue weighted by Gasteiger charge is 2.53. The van der Waals surface area contributed by atoms with E-state index in [1.165, 1.54) is 61.0 Å². The summed E-state index contributed by atoms with van der Waals surface area (Å²) in [6.07, 6.45) is -25.9. The summed E-state index contributed by atoms with van der Waals surface area (Å²) in [4.78, 5) is 53.9. The van der Waals surface area contributed by atoms with E-state index in [-0.39, 0.29) is 71.7 Å².